The van der Waals surface area contributed by atoms with Gasteiger partial charge in [-0.2, -0.15) is 0 Å². The summed E-state index contributed by atoms with van der Waals surface area (Å²) in [7, 11) is 0. The van der Waals surface area contributed by atoms with Crippen LogP contribution in [0.15, 0.2) is 0 Å². The van der Waals surface area contributed by atoms with Crippen LogP contribution >= 0.6 is 0 Å². The first kappa shape index (κ1) is 21.6. The summed E-state index contributed by atoms with van der Waals surface area (Å²) in [5, 5.41) is 0. The highest BCUT2D eigenvalue weighted by molar-refractivity contribution is 5.82. The third-order valence-electron chi connectivity index (χ3n) is 7.56. The van der Waals surface area contributed by atoms with Crippen LogP contribution in [0.25, 0.3) is 0 Å². The van der Waals surface area contributed by atoms with Crippen LogP contribution in [-0.4, -0.2) is 25.2 Å². The maximum Gasteiger partial charge on any atom is 0.309 e. The molecule has 3 aliphatic carbocycles. The SMILES string of the molecule is CC1CCC(COC(=O)C2CCCCC2C(=O)OCC2CCC(C)CC2)CC1. The molecule has 160 valence electrons. The molecule has 0 bridgehead atoms. The van der Waals surface area contributed by atoms with E-state index in [1.54, 1.807) is 0 Å². The third kappa shape index (κ3) is 6.22. The molecule has 0 heterocycles. The molecule has 3 saturated carbocycles. The summed E-state index contributed by atoms with van der Waals surface area (Å²) < 4.78 is 11.4. The second kappa shape index (κ2) is 10.6. The zero-order valence-corrected chi connectivity index (χ0v) is 18.0. The van der Waals surface area contributed by atoms with Crippen molar-refractivity contribution >= 4 is 11.9 Å². The standard InChI is InChI=1S/C24H40O4/c1-17-7-11-19(12-8-17)15-27-23(25)21-5-3-4-6-22(21)24(26)28-16-20-13-9-18(2)10-14-20/h17-22H,3-16H2,1-2H3. The fourth-order valence-corrected chi connectivity index (χ4v) is 5.30. The van der Waals surface area contributed by atoms with E-state index in [2.05, 4.69) is 13.8 Å². The molecule has 3 rings (SSSR count). The van der Waals surface area contributed by atoms with E-state index in [1.165, 1.54) is 25.7 Å². The minimum atomic E-state index is -0.296. The van der Waals surface area contributed by atoms with Gasteiger partial charge in [-0.3, -0.25) is 9.59 Å². The van der Waals surface area contributed by atoms with Crippen LogP contribution in [0.5, 0.6) is 0 Å². The first-order valence-electron chi connectivity index (χ1n) is 11.9. The molecule has 3 aliphatic rings. The van der Waals surface area contributed by atoms with Gasteiger partial charge in [0.25, 0.3) is 0 Å². The monoisotopic (exact) mass is 392 g/mol. The number of ether oxygens (including phenoxy) is 2. The predicted octanol–water partition coefficient (Wildman–Crippen LogP) is 5.53. The predicted molar refractivity (Wildman–Crippen MR) is 110 cm³/mol. The number of carbonyl (C=O) groups excluding carboxylic acids is 2. The van der Waals surface area contributed by atoms with Gasteiger partial charge in [-0.15, -0.1) is 0 Å². The Kier molecular flexibility index (Phi) is 8.23. The number of carbonyl (C=O) groups is 2. The normalized spacial score (nSPS) is 36.5. The molecular weight excluding hydrogens is 352 g/mol. The van der Waals surface area contributed by atoms with Gasteiger partial charge in [0.1, 0.15) is 0 Å². The number of hydrogen-bond donors (Lipinski definition) is 0. The van der Waals surface area contributed by atoms with E-state index < -0.39 is 0 Å². The molecule has 28 heavy (non-hydrogen) atoms. The highest BCUT2D eigenvalue weighted by Crippen LogP contribution is 2.34. The van der Waals surface area contributed by atoms with Crippen molar-refractivity contribution in [2.75, 3.05) is 13.2 Å². The summed E-state index contributed by atoms with van der Waals surface area (Å²) in [5.74, 6) is 1.70. The first-order valence-corrected chi connectivity index (χ1v) is 11.9. The molecule has 4 nitrogen and oxygen atoms in total. The van der Waals surface area contributed by atoms with Gasteiger partial charge in [0.05, 0.1) is 25.0 Å². The van der Waals surface area contributed by atoms with Crippen molar-refractivity contribution in [1.82, 2.24) is 0 Å². The van der Waals surface area contributed by atoms with E-state index >= 15 is 0 Å². The van der Waals surface area contributed by atoms with E-state index in [9.17, 15) is 9.59 Å². The Balaban J connectivity index is 1.44. The largest absolute Gasteiger partial charge is 0.465 e. The van der Waals surface area contributed by atoms with Gasteiger partial charge in [-0.25, -0.2) is 0 Å². The maximum absolute atomic E-state index is 12.7. The molecule has 0 radical (unpaired) electrons. The molecular formula is C24H40O4. The van der Waals surface area contributed by atoms with Gasteiger partial charge < -0.3 is 9.47 Å². The van der Waals surface area contributed by atoms with Crippen LogP contribution in [0.2, 0.25) is 0 Å². The van der Waals surface area contributed by atoms with Gasteiger partial charge in [-0.1, -0.05) is 52.4 Å². The Morgan fingerprint density at radius 2 is 0.964 bits per heavy atom. The molecule has 0 aromatic heterocycles. The second-order valence-corrected chi connectivity index (χ2v) is 10.0. The van der Waals surface area contributed by atoms with Gasteiger partial charge in [-0.05, 0) is 62.2 Å². The maximum atomic E-state index is 12.7. The van der Waals surface area contributed by atoms with E-state index in [0.717, 1.165) is 63.2 Å². The number of esters is 2. The molecule has 4 heteroatoms. The van der Waals surface area contributed by atoms with Crippen LogP contribution < -0.4 is 0 Å². The Morgan fingerprint density at radius 3 is 1.32 bits per heavy atom. The molecule has 0 aromatic carbocycles. The average Bonchev–Trinajstić information content (AvgIpc) is 2.72. The lowest BCUT2D eigenvalue weighted by Crippen LogP contribution is -2.36. The summed E-state index contributed by atoms with van der Waals surface area (Å²) in [6.07, 6.45) is 13.1. The zero-order chi connectivity index (χ0) is 19.9. The van der Waals surface area contributed by atoms with Crippen molar-refractivity contribution in [2.45, 2.75) is 90.9 Å². The lowest BCUT2D eigenvalue weighted by molar-refractivity contribution is -0.164. The molecule has 0 saturated heterocycles. The number of hydrogen-bond acceptors (Lipinski definition) is 4. The topological polar surface area (TPSA) is 52.6 Å². The van der Waals surface area contributed by atoms with Crippen molar-refractivity contribution in [1.29, 1.82) is 0 Å². The van der Waals surface area contributed by atoms with Crippen LogP contribution in [0.3, 0.4) is 0 Å². The van der Waals surface area contributed by atoms with Gasteiger partial charge in [0.15, 0.2) is 0 Å². The first-order chi connectivity index (χ1) is 13.5. The van der Waals surface area contributed by atoms with Crippen LogP contribution in [0.4, 0.5) is 0 Å². The molecule has 0 spiro atoms. The molecule has 2 atom stereocenters. The van der Waals surface area contributed by atoms with Gasteiger partial charge >= 0.3 is 11.9 Å². The highest BCUT2D eigenvalue weighted by Gasteiger charge is 2.38. The molecule has 0 aliphatic heterocycles. The minimum absolute atomic E-state index is 0.160. The second-order valence-electron chi connectivity index (χ2n) is 10.0. The quantitative estimate of drug-likeness (QED) is 0.558. The van der Waals surface area contributed by atoms with E-state index in [1.807, 2.05) is 0 Å². The summed E-state index contributed by atoms with van der Waals surface area (Å²) in [4.78, 5) is 25.5. The van der Waals surface area contributed by atoms with Crippen molar-refractivity contribution in [3.8, 4) is 0 Å². The van der Waals surface area contributed by atoms with Crippen molar-refractivity contribution in [3.63, 3.8) is 0 Å². The fraction of sp³-hybridized carbons (Fsp3) is 0.917. The Labute approximate surface area is 171 Å². The summed E-state index contributed by atoms with van der Waals surface area (Å²) in [5.41, 5.74) is 0. The smallest absolute Gasteiger partial charge is 0.309 e. The summed E-state index contributed by atoms with van der Waals surface area (Å²) in [6.45, 7) is 5.66. The van der Waals surface area contributed by atoms with Crippen molar-refractivity contribution in [2.24, 2.45) is 35.5 Å². The number of rotatable bonds is 6. The van der Waals surface area contributed by atoms with E-state index in [4.69, 9.17) is 9.47 Å². The van der Waals surface area contributed by atoms with E-state index in [-0.39, 0.29) is 23.8 Å². The summed E-state index contributed by atoms with van der Waals surface area (Å²) in [6, 6.07) is 0. The third-order valence-corrected chi connectivity index (χ3v) is 7.56. The van der Waals surface area contributed by atoms with Crippen LogP contribution in [0, 0.1) is 35.5 Å². The molecule has 0 amide bonds. The van der Waals surface area contributed by atoms with Crippen molar-refractivity contribution in [3.05, 3.63) is 0 Å². The average molecular weight is 393 g/mol. The van der Waals surface area contributed by atoms with Crippen LogP contribution in [0.1, 0.15) is 90.9 Å². The molecule has 0 aromatic rings. The molecule has 3 fully saturated rings. The Morgan fingerprint density at radius 1 is 0.607 bits per heavy atom. The minimum Gasteiger partial charge on any atom is -0.465 e. The van der Waals surface area contributed by atoms with Crippen molar-refractivity contribution < 1.29 is 19.1 Å². The molecule has 2 unspecified atom stereocenters. The highest BCUT2D eigenvalue weighted by atomic mass is 16.5. The van der Waals surface area contributed by atoms with Crippen LogP contribution in [-0.2, 0) is 19.1 Å². The molecule has 0 N–H and O–H groups in total. The Hall–Kier alpha value is -1.06. The lowest BCUT2D eigenvalue weighted by atomic mass is 9.79. The fourth-order valence-electron chi connectivity index (χ4n) is 5.30. The van der Waals surface area contributed by atoms with Gasteiger partial charge in [0.2, 0.25) is 0 Å². The van der Waals surface area contributed by atoms with E-state index in [0.29, 0.717) is 25.0 Å². The lowest BCUT2D eigenvalue weighted by Gasteiger charge is -2.31. The zero-order valence-electron chi connectivity index (χ0n) is 18.0. The van der Waals surface area contributed by atoms with Gasteiger partial charge in [0, 0.05) is 0 Å². The Bertz CT molecular complexity index is 455. The summed E-state index contributed by atoms with van der Waals surface area (Å²) >= 11 is 0.